The second-order valence-corrected chi connectivity index (χ2v) is 7.45. The maximum atomic E-state index is 12.2. The van der Waals surface area contributed by atoms with Crippen LogP contribution in [0.2, 0.25) is 0 Å². The topological polar surface area (TPSA) is 29.1 Å². The molecule has 0 saturated heterocycles. The molecular formula is C14H13Br2NOS. The van der Waals surface area contributed by atoms with Gasteiger partial charge in [0.05, 0.1) is 6.04 Å². The summed E-state index contributed by atoms with van der Waals surface area (Å²) in [5, 5.41) is 3.01. The van der Waals surface area contributed by atoms with Crippen molar-refractivity contribution in [3.05, 3.63) is 54.6 Å². The Labute approximate surface area is 133 Å². The molecule has 1 N–H and O–H groups in total. The summed E-state index contributed by atoms with van der Waals surface area (Å²) in [6.07, 6.45) is 0. The highest BCUT2D eigenvalue weighted by molar-refractivity contribution is 9.11. The van der Waals surface area contributed by atoms with Gasteiger partial charge in [-0.25, -0.2) is 0 Å². The van der Waals surface area contributed by atoms with Gasteiger partial charge in [0, 0.05) is 24.3 Å². The second-order valence-electron chi connectivity index (χ2n) is 4.30. The van der Waals surface area contributed by atoms with E-state index in [1.54, 1.807) is 11.3 Å². The Morgan fingerprint density at radius 1 is 1.21 bits per heavy atom. The van der Waals surface area contributed by atoms with E-state index in [-0.39, 0.29) is 11.9 Å². The van der Waals surface area contributed by atoms with Crippen LogP contribution in [-0.4, -0.2) is 5.91 Å². The first-order chi connectivity index (χ1) is 8.95. The number of nitrogens with one attached hydrogen (secondary N) is 1. The Morgan fingerprint density at radius 2 is 1.84 bits per heavy atom. The molecule has 0 saturated carbocycles. The van der Waals surface area contributed by atoms with E-state index in [0.29, 0.717) is 5.56 Å². The van der Waals surface area contributed by atoms with Crippen molar-refractivity contribution in [1.82, 2.24) is 5.32 Å². The van der Waals surface area contributed by atoms with Crippen LogP contribution in [0.5, 0.6) is 0 Å². The summed E-state index contributed by atoms with van der Waals surface area (Å²) in [7, 11) is 0. The lowest BCUT2D eigenvalue weighted by atomic mass is 10.2. The minimum atomic E-state index is -0.0689. The molecule has 5 heteroatoms. The predicted octanol–water partition coefficient (Wildman–Crippen LogP) is 5.07. The molecular weight excluding hydrogens is 390 g/mol. The van der Waals surface area contributed by atoms with Crippen LogP contribution in [0.4, 0.5) is 0 Å². The summed E-state index contributed by atoms with van der Waals surface area (Å²) in [4.78, 5) is 14.6. The van der Waals surface area contributed by atoms with Gasteiger partial charge in [0.15, 0.2) is 0 Å². The average molecular weight is 403 g/mol. The van der Waals surface area contributed by atoms with E-state index >= 15 is 0 Å². The molecule has 2 aromatic rings. The fraction of sp³-hybridized carbons (Fsp3) is 0.214. The Hall–Kier alpha value is -0.650. The van der Waals surface area contributed by atoms with Gasteiger partial charge in [-0.1, -0.05) is 31.9 Å². The summed E-state index contributed by atoms with van der Waals surface area (Å²) in [5.74, 6) is -0.0689. The molecule has 2 rings (SSSR count). The summed E-state index contributed by atoms with van der Waals surface area (Å²) in [6.45, 7) is 4.06. The minimum Gasteiger partial charge on any atom is -0.345 e. The maximum Gasteiger partial charge on any atom is 0.251 e. The largest absolute Gasteiger partial charge is 0.345 e. The van der Waals surface area contributed by atoms with Crippen LogP contribution in [0.25, 0.3) is 0 Å². The van der Waals surface area contributed by atoms with Gasteiger partial charge in [0.1, 0.15) is 0 Å². The highest BCUT2D eigenvalue weighted by atomic mass is 79.9. The molecule has 0 aliphatic rings. The van der Waals surface area contributed by atoms with Crippen LogP contribution < -0.4 is 5.32 Å². The van der Waals surface area contributed by atoms with E-state index in [4.69, 9.17) is 0 Å². The smallest absolute Gasteiger partial charge is 0.251 e. The molecule has 0 aliphatic heterocycles. The quantitative estimate of drug-likeness (QED) is 0.762. The van der Waals surface area contributed by atoms with E-state index in [9.17, 15) is 4.79 Å². The number of carbonyl (C=O) groups is 1. The Morgan fingerprint density at radius 3 is 2.37 bits per heavy atom. The molecule has 0 spiro atoms. The number of hydrogen-bond donors (Lipinski definition) is 1. The van der Waals surface area contributed by atoms with Gasteiger partial charge in [-0.15, -0.1) is 11.3 Å². The first-order valence-corrected chi connectivity index (χ1v) is 8.19. The zero-order valence-electron chi connectivity index (χ0n) is 10.5. The van der Waals surface area contributed by atoms with Crippen molar-refractivity contribution in [3.63, 3.8) is 0 Å². The molecule has 19 heavy (non-hydrogen) atoms. The first-order valence-electron chi connectivity index (χ1n) is 5.79. The number of carbonyl (C=O) groups excluding carboxylic acids is 1. The number of halogens is 2. The summed E-state index contributed by atoms with van der Waals surface area (Å²) in [6, 6.07) is 9.67. The van der Waals surface area contributed by atoms with Crippen LogP contribution in [0.3, 0.4) is 0 Å². The lowest BCUT2D eigenvalue weighted by Gasteiger charge is -2.12. The number of thiophene rings is 1. The van der Waals surface area contributed by atoms with E-state index in [1.807, 2.05) is 25.1 Å². The monoisotopic (exact) mass is 401 g/mol. The third kappa shape index (κ3) is 3.91. The molecule has 0 radical (unpaired) electrons. The number of aryl methyl sites for hydroxylation is 1. The van der Waals surface area contributed by atoms with E-state index < -0.39 is 0 Å². The van der Waals surface area contributed by atoms with Gasteiger partial charge in [-0.2, -0.15) is 0 Å². The van der Waals surface area contributed by atoms with Crippen LogP contribution >= 0.6 is 43.2 Å². The van der Waals surface area contributed by atoms with E-state index in [0.717, 1.165) is 8.95 Å². The van der Waals surface area contributed by atoms with E-state index in [2.05, 4.69) is 56.2 Å². The molecule has 2 nitrogen and oxygen atoms in total. The van der Waals surface area contributed by atoms with E-state index in [1.165, 1.54) is 9.75 Å². The average Bonchev–Trinajstić information content (AvgIpc) is 2.74. The first kappa shape index (κ1) is 14.8. The van der Waals surface area contributed by atoms with Crippen molar-refractivity contribution in [1.29, 1.82) is 0 Å². The fourth-order valence-corrected chi connectivity index (χ4v) is 3.90. The summed E-state index contributed by atoms with van der Waals surface area (Å²) in [5.41, 5.74) is 0.640. The number of benzene rings is 1. The van der Waals surface area contributed by atoms with Gasteiger partial charge >= 0.3 is 0 Å². The highest BCUT2D eigenvalue weighted by Gasteiger charge is 2.13. The predicted molar refractivity (Wildman–Crippen MR) is 86.8 cm³/mol. The zero-order valence-corrected chi connectivity index (χ0v) is 14.5. The zero-order chi connectivity index (χ0) is 14.0. The van der Waals surface area contributed by atoms with Crippen molar-refractivity contribution in [3.8, 4) is 0 Å². The lowest BCUT2D eigenvalue weighted by Crippen LogP contribution is -2.26. The highest BCUT2D eigenvalue weighted by Crippen LogP contribution is 2.24. The van der Waals surface area contributed by atoms with Crippen LogP contribution in [0.1, 0.15) is 33.1 Å². The van der Waals surface area contributed by atoms with Crippen LogP contribution in [-0.2, 0) is 0 Å². The van der Waals surface area contributed by atoms with Gasteiger partial charge in [-0.3, -0.25) is 4.79 Å². The second kappa shape index (κ2) is 6.20. The minimum absolute atomic E-state index is 0.0176. The molecule has 1 amide bonds. The van der Waals surface area contributed by atoms with Crippen molar-refractivity contribution < 1.29 is 4.79 Å². The molecule has 1 heterocycles. The fourth-order valence-electron chi connectivity index (χ4n) is 1.72. The number of amides is 1. The number of rotatable bonds is 3. The Bertz CT molecular complexity index is 589. The summed E-state index contributed by atoms with van der Waals surface area (Å²) < 4.78 is 1.76. The van der Waals surface area contributed by atoms with Gasteiger partial charge in [0.25, 0.3) is 5.91 Å². The Kier molecular flexibility index (Phi) is 4.81. The van der Waals surface area contributed by atoms with Gasteiger partial charge in [0.2, 0.25) is 0 Å². The number of hydrogen-bond acceptors (Lipinski definition) is 2. The molecule has 1 aromatic carbocycles. The van der Waals surface area contributed by atoms with Crippen molar-refractivity contribution in [2.45, 2.75) is 19.9 Å². The molecule has 100 valence electrons. The van der Waals surface area contributed by atoms with Crippen LogP contribution in [0, 0.1) is 6.92 Å². The van der Waals surface area contributed by atoms with Gasteiger partial charge < -0.3 is 5.32 Å². The van der Waals surface area contributed by atoms with Crippen LogP contribution in [0.15, 0.2) is 39.3 Å². The molecule has 1 atom stereocenters. The SMILES string of the molecule is Cc1ccc(C(C)NC(=O)c2cc(Br)cc(Br)c2)s1. The maximum absolute atomic E-state index is 12.2. The van der Waals surface area contributed by atoms with Crippen molar-refractivity contribution in [2.24, 2.45) is 0 Å². The van der Waals surface area contributed by atoms with Crippen molar-refractivity contribution >= 4 is 49.1 Å². The molecule has 0 fully saturated rings. The molecule has 1 unspecified atom stereocenters. The van der Waals surface area contributed by atoms with Crippen molar-refractivity contribution in [2.75, 3.05) is 0 Å². The molecule has 0 bridgehead atoms. The van der Waals surface area contributed by atoms with Gasteiger partial charge in [-0.05, 0) is 44.2 Å². The standard InChI is InChI=1S/C14H13Br2NOS/c1-8-3-4-13(19-8)9(2)17-14(18)10-5-11(15)7-12(16)6-10/h3-7,9H,1-2H3,(H,17,18). The molecule has 1 aromatic heterocycles. The Balaban J connectivity index is 2.12. The third-order valence-corrected chi connectivity index (χ3v) is 4.76. The lowest BCUT2D eigenvalue weighted by molar-refractivity contribution is 0.0940. The molecule has 0 aliphatic carbocycles. The third-order valence-electron chi connectivity index (χ3n) is 2.66. The summed E-state index contributed by atoms with van der Waals surface area (Å²) >= 11 is 8.48. The normalized spacial score (nSPS) is 12.2.